The van der Waals surface area contributed by atoms with Crippen LogP contribution >= 0.6 is 15.9 Å². The van der Waals surface area contributed by atoms with E-state index in [0.717, 1.165) is 12.1 Å². The van der Waals surface area contributed by atoms with Crippen LogP contribution in [0.4, 0.5) is 13.2 Å². The zero-order valence-electron chi connectivity index (χ0n) is 11.0. The van der Waals surface area contributed by atoms with Gasteiger partial charge in [-0.3, -0.25) is 4.79 Å². The topological polar surface area (TPSA) is 20.3 Å². The van der Waals surface area contributed by atoms with Crippen molar-refractivity contribution in [2.24, 2.45) is 0 Å². The van der Waals surface area contributed by atoms with Gasteiger partial charge in [0.25, 0.3) is 5.91 Å². The summed E-state index contributed by atoms with van der Waals surface area (Å²) in [5.41, 5.74) is 0.319. The van der Waals surface area contributed by atoms with Crippen molar-refractivity contribution in [2.45, 2.75) is 6.54 Å². The number of amides is 1. The van der Waals surface area contributed by atoms with Crippen LogP contribution in [0.2, 0.25) is 0 Å². The molecule has 1 amide bonds. The van der Waals surface area contributed by atoms with Gasteiger partial charge in [-0.25, -0.2) is 13.2 Å². The molecule has 0 fully saturated rings. The minimum atomic E-state index is -0.729. The second kappa shape index (κ2) is 6.30. The molecule has 0 saturated carbocycles. The Morgan fingerprint density at radius 3 is 2.52 bits per heavy atom. The largest absolute Gasteiger partial charge is 0.337 e. The van der Waals surface area contributed by atoms with E-state index in [1.807, 2.05) is 0 Å². The van der Waals surface area contributed by atoms with E-state index < -0.39 is 23.4 Å². The predicted molar refractivity (Wildman–Crippen MR) is 76.3 cm³/mol. The molecule has 0 aliphatic rings. The van der Waals surface area contributed by atoms with Crippen LogP contribution in [0.15, 0.2) is 40.9 Å². The monoisotopic (exact) mass is 357 g/mol. The maximum Gasteiger partial charge on any atom is 0.255 e. The van der Waals surface area contributed by atoms with Crippen molar-refractivity contribution >= 4 is 21.8 Å². The fraction of sp³-hybridized carbons (Fsp3) is 0.133. The normalized spacial score (nSPS) is 10.5. The van der Waals surface area contributed by atoms with Crippen molar-refractivity contribution in [1.29, 1.82) is 0 Å². The molecule has 0 spiro atoms. The molecule has 0 atom stereocenters. The quantitative estimate of drug-likeness (QED) is 0.808. The van der Waals surface area contributed by atoms with Crippen molar-refractivity contribution in [1.82, 2.24) is 4.90 Å². The van der Waals surface area contributed by atoms with Crippen LogP contribution in [0.3, 0.4) is 0 Å². The smallest absolute Gasteiger partial charge is 0.255 e. The summed E-state index contributed by atoms with van der Waals surface area (Å²) in [6.07, 6.45) is 0. The molecular formula is C15H11BrF3NO. The van der Waals surface area contributed by atoms with Crippen LogP contribution < -0.4 is 0 Å². The molecule has 0 aromatic heterocycles. The molecular weight excluding hydrogens is 347 g/mol. The van der Waals surface area contributed by atoms with E-state index in [1.54, 1.807) is 0 Å². The summed E-state index contributed by atoms with van der Waals surface area (Å²) in [5.74, 6) is -2.43. The van der Waals surface area contributed by atoms with Crippen molar-refractivity contribution in [3.63, 3.8) is 0 Å². The second-order valence-electron chi connectivity index (χ2n) is 4.50. The molecule has 0 N–H and O–H groups in total. The summed E-state index contributed by atoms with van der Waals surface area (Å²) in [4.78, 5) is 13.5. The molecule has 0 saturated heterocycles. The third-order valence-electron chi connectivity index (χ3n) is 2.95. The summed E-state index contributed by atoms with van der Waals surface area (Å²) in [6, 6.07) is 7.25. The van der Waals surface area contributed by atoms with Crippen LogP contribution in [0.5, 0.6) is 0 Å². The molecule has 21 heavy (non-hydrogen) atoms. The van der Waals surface area contributed by atoms with Crippen molar-refractivity contribution in [2.75, 3.05) is 7.05 Å². The molecule has 0 radical (unpaired) electrons. The van der Waals surface area contributed by atoms with Gasteiger partial charge in [-0.05, 0) is 34.1 Å². The lowest BCUT2D eigenvalue weighted by atomic mass is 10.1. The molecule has 0 aliphatic heterocycles. The van der Waals surface area contributed by atoms with E-state index >= 15 is 0 Å². The van der Waals surface area contributed by atoms with Crippen molar-refractivity contribution in [3.05, 3.63) is 69.4 Å². The lowest BCUT2D eigenvalue weighted by molar-refractivity contribution is 0.0782. The Hall–Kier alpha value is -1.82. The number of halogens is 4. The lowest BCUT2D eigenvalue weighted by Gasteiger charge is -2.18. The van der Waals surface area contributed by atoms with E-state index in [-0.39, 0.29) is 22.1 Å². The van der Waals surface area contributed by atoms with Crippen LogP contribution in [0.25, 0.3) is 0 Å². The number of hydrogen-bond donors (Lipinski definition) is 0. The third kappa shape index (κ3) is 3.44. The van der Waals surface area contributed by atoms with Gasteiger partial charge in [0.1, 0.15) is 17.5 Å². The third-order valence-corrected chi connectivity index (χ3v) is 3.76. The van der Waals surface area contributed by atoms with E-state index in [4.69, 9.17) is 0 Å². The number of hydrogen-bond acceptors (Lipinski definition) is 1. The molecule has 2 nitrogen and oxygen atoms in total. The summed E-state index contributed by atoms with van der Waals surface area (Å²) in [7, 11) is 1.46. The Labute approximate surface area is 128 Å². The van der Waals surface area contributed by atoms with E-state index in [9.17, 15) is 18.0 Å². The highest BCUT2D eigenvalue weighted by molar-refractivity contribution is 9.10. The van der Waals surface area contributed by atoms with Gasteiger partial charge in [0.15, 0.2) is 0 Å². The number of carbonyl (C=O) groups is 1. The van der Waals surface area contributed by atoms with Gasteiger partial charge in [-0.1, -0.05) is 12.1 Å². The molecule has 110 valence electrons. The highest BCUT2D eigenvalue weighted by Gasteiger charge is 2.18. The Bertz CT molecular complexity index is 691. The standard InChI is InChI=1S/C15H11BrF3NO/c1-20(8-9-5-6-10(17)7-13(9)19)15(21)11-3-2-4-12(18)14(11)16/h2-7H,8H2,1H3. The first-order chi connectivity index (χ1) is 9.90. The summed E-state index contributed by atoms with van der Waals surface area (Å²) < 4.78 is 39.9. The molecule has 2 aromatic rings. The Balaban J connectivity index is 2.21. The summed E-state index contributed by atoms with van der Waals surface area (Å²) in [6.45, 7) is -0.0477. The number of nitrogens with zero attached hydrogens (tertiary/aromatic N) is 1. The highest BCUT2D eigenvalue weighted by Crippen LogP contribution is 2.22. The van der Waals surface area contributed by atoms with Crippen molar-refractivity contribution in [3.8, 4) is 0 Å². The lowest BCUT2D eigenvalue weighted by Crippen LogP contribution is -2.27. The SMILES string of the molecule is CN(Cc1ccc(F)cc1F)C(=O)c1cccc(F)c1Br. The fourth-order valence-corrected chi connectivity index (χ4v) is 2.29. The zero-order valence-corrected chi connectivity index (χ0v) is 12.6. The van der Waals surface area contributed by atoms with Gasteiger partial charge in [0.05, 0.1) is 10.0 Å². The summed E-state index contributed by atoms with van der Waals surface area (Å²) in [5, 5.41) is 0. The van der Waals surface area contributed by atoms with E-state index in [2.05, 4.69) is 15.9 Å². The molecule has 0 bridgehead atoms. The average Bonchev–Trinajstić information content (AvgIpc) is 2.44. The van der Waals surface area contributed by atoms with Crippen LogP contribution in [0.1, 0.15) is 15.9 Å². The first-order valence-electron chi connectivity index (χ1n) is 6.03. The van der Waals surface area contributed by atoms with Gasteiger partial charge in [-0.15, -0.1) is 0 Å². The molecule has 2 rings (SSSR count). The maximum absolute atomic E-state index is 13.6. The Morgan fingerprint density at radius 2 is 1.86 bits per heavy atom. The van der Waals surface area contributed by atoms with Gasteiger partial charge in [0.2, 0.25) is 0 Å². The van der Waals surface area contributed by atoms with E-state index in [1.165, 1.54) is 36.2 Å². The molecule has 0 unspecified atom stereocenters. The van der Waals surface area contributed by atoms with Gasteiger partial charge < -0.3 is 4.90 Å². The van der Waals surface area contributed by atoms with Crippen LogP contribution in [-0.2, 0) is 6.54 Å². The Kier molecular flexibility index (Phi) is 4.67. The summed E-state index contributed by atoms with van der Waals surface area (Å²) >= 11 is 3.01. The zero-order chi connectivity index (χ0) is 15.6. The molecule has 0 aliphatic carbocycles. The number of carbonyl (C=O) groups excluding carboxylic acids is 1. The second-order valence-corrected chi connectivity index (χ2v) is 5.29. The van der Waals surface area contributed by atoms with Gasteiger partial charge in [0, 0.05) is 25.2 Å². The first kappa shape index (κ1) is 15.6. The average molecular weight is 358 g/mol. The van der Waals surface area contributed by atoms with Crippen molar-refractivity contribution < 1.29 is 18.0 Å². The van der Waals surface area contributed by atoms with Gasteiger partial charge in [-0.2, -0.15) is 0 Å². The Morgan fingerprint density at radius 1 is 1.14 bits per heavy atom. The molecule has 2 aromatic carbocycles. The molecule has 0 heterocycles. The predicted octanol–water partition coefficient (Wildman–Crippen LogP) is 4.14. The van der Waals surface area contributed by atoms with Crippen LogP contribution in [-0.4, -0.2) is 17.9 Å². The first-order valence-corrected chi connectivity index (χ1v) is 6.83. The minimum Gasteiger partial charge on any atom is -0.337 e. The van der Waals surface area contributed by atoms with E-state index in [0.29, 0.717) is 0 Å². The number of benzene rings is 2. The highest BCUT2D eigenvalue weighted by atomic mass is 79.9. The maximum atomic E-state index is 13.6. The number of rotatable bonds is 3. The minimum absolute atomic E-state index is 0.0477. The van der Waals surface area contributed by atoms with Crippen LogP contribution in [0, 0.1) is 17.5 Å². The van der Waals surface area contributed by atoms with Gasteiger partial charge >= 0.3 is 0 Å². The fourth-order valence-electron chi connectivity index (χ4n) is 1.85. The molecule has 6 heteroatoms.